The number of carbonyl (C=O) groups excluding carboxylic acids is 1. The summed E-state index contributed by atoms with van der Waals surface area (Å²) >= 11 is 0. The predicted octanol–water partition coefficient (Wildman–Crippen LogP) is 0.921. The minimum absolute atomic E-state index is 0.0865. The zero-order valence-electron chi connectivity index (χ0n) is 11.9. The maximum Gasteiger partial charge on any atom is 0.339 e. The van der Waals surface area contributed by atoms with Crippen molar-refractivity contribution in [1.29, 1.82) is 0 Å². The van der Waals surface area contributed by atoms with Crippen molar-refractivity contribution in [3.05, 3.63) is 22.9 Å². The van der Waals surface area contributed by atoms with Crippen molar-refractivity contribution in [1.82, 2.24) is 9.88 Å². The maximum atomic E-state index is 11.7. The Bertz CT molecular complexity index is 512. The van der Waals surface area contributed by atoms with Crippen LogP contribution in [0, 0.1) is 13.8 Å². The van der Waals surface area contributed by atoms with Crippen molar-refractivity contribution in [2.24, 2.45) is 0 Å². The number of amides is 1. The Morgan fingerprint density at radius 1 is 1.26 bits per heavy atom. The second-order valence-electron chi connectivity index (χ2n) is 4.73. The minimum Gasteiger partial charge on any atom is -0.478 e. The van der Waals surface area contributed by atoms with E-state index in [1.807, 2.05) is 0 Å². The minimum atomic E-state index is -1.04. The molecule has 0 spiro atoms. The van der Waals surface area contributed by atoms with Crippen LogP contribution in [0.5, 0.6) is 0 Å². The molecule has 1 aromatic heterocycles. The summed E-state index contributed by atoms with van der Waals surface area (Å²) in [5, 5.41) is 9.27. The summed E-state index contributed by atoms with van der Waals surface area (Å²) in [6.45, 7) is 3.61. The number of rotatable bonds is 4. The molecule has 0 aliphatic rings. The first-order chi connectivity index (χ1) is 8.73. The third-order valence-corrected chi connectivity index (χ3v) is 2.77. The number of hydrogen-bond donors (Lipinski definition) is 1. The Hall–Kier alpha value is -2.11. The van der Waals surface area contributed by atoms with Crippen molar-refractivity contribution < 1.29 is 14.7 Å². The fraction of sp³-hybridized carbons (Fsp3) is 0.462. The lowest BCUT2D eigenvalue weighted by atomic mass is 10.1. The average molecular weight is 265 g/mol. The molecule has 1 heterocycles. The van der Waals surface area contributed by atoms with Gasteiger partial charge in [0.15, 0.2) is 0 Å². The Labute approximate surface area is 112 Å². The largest absolute Gasteiger partial charge is 0.478 e. The van der Waals surface area contributed by atoms with Crippen molar-refractivity contribution in [3.8, 4) is 0 Å². The number of pyridine rings is 1. The van der Waals surface area contributed by atoms with Gasteiger partial charge < -0.3 is 14.9 Å². The number of aromatic carboxylic acids is 1. The van der Waals surface area contributed by atoms with Crippen LogP contribution in [0.15, 0.2) is 6.07 Å². The SMILES string of the molecule is Cc1cc(C)c(C(=O)O)c(N(C)CC(=O)N(C)C)n1. The van der Waals surface area contributed by atoms with Crippen LogP contribution in [0.4, 0.5) is 5.82 Å². The molecule has 0 fully saturated rings. The van der Waals surface area contributed by atoms with Crippen LogP contribution < -0.4 is 4.90 Å². The Morgan fingerprint density at radius 3 is 2.32 bits per heavy atom. The first kappa shape index (κ1) is 14.9. The summed E-state index contributed by atoms with van der Waals surface area (Å²) in [6, 6.07) is 1.72. The lowest BCUT2D eigenvalue weighted by Crippen LogP contribution is -2.35. The van der Waals surface area contributed by atoms with Crippen molar-refractivity contribution >= 4 is 17.7 Å². The molecule has 1 aromatic rings. The third-order valence-electron chi connectivity index (χ3n) is 2.77. The number of aromatic nitrogens is 1. The Balaban J connectivity index is 3.18. The van der Waals surface area contributed by atoms with Crippen LogP contribution >= 0.6 is 0 Å². The molecule has 0 aromatic carbocycles. The van der Waals surface area contributed by atoms with Crippen LogP contribution in [0.1, 0.15) is 21.6 Å². The smallest absolute Gasteiger partial charge is 0.339 e. The van der Waals surface area contributed by atoms with Crippen LogP contribution in [0.3, 0.4) is 0 Å². The average Bonchev–Trinajstić information content (AvgIpc) is 2.26. The molecule has 0 radical (unpaired) electrons. The molecule has 0 saturated carbocycles. The van der Waals surface area contributed by atoms with Gasteiger partial charge in [0.1, 0.15) is 11.4 Å². The van der Waals surface area contributed by atoms with Gasteiger partial charge >= 0.3 is 5.97 Å². The van der Waals surface area contributed by atoms with Crippen LogP contribution in [0.2, 0.25) is 0 Å². The van der Waals surface area contributed by atoms with E-state index in [0.29, 0.717) is 11.4 Å². The normalized spacial score (nSPS) is 10.2. The number of carboxylic acids is 1. The molecule has 1 amide bonds. The van der Waals surface area contributed by atoms with E-state index in [1.54, 1.807) is 46.0 Å². The van der Waals surface area contributed by atoms with Crippen LogP contribution in [0.25, 0.3) is 0 Å². The first-order valence-electron chi connectivity index (χ1n) is 5.87. The molecule has 1 rings (SSSR count). The summed E-state index contributed by atoms with van der Waals surface area (Å²) in [5.41, 5.74) is 1.50. The van der Waals surface area contributed by atoms with Gasteiger partial charge in [-0.15, -0.1) is 0 Å². The highest BCUT2D eigenvalue weighted by molar-refractivity contribution is 5.95. The molecule has 0 saturated heterocycles. The van der Waals surface area contributed by atoms with Gasteiger partial charge in [-0.05, 0) is 25.5 Å². The fourth-order valence-electron chi connectivity index (χ4n) is 1.78. The van der Waals surface area contributed by atoms with E-state index in [0.717, 1.165) is 5.69 Å². The monoisotopic (exact) mass is 265 g/mol. The van der Waals surface area contributed by atoms with E-state index in [-0.39, 0.29) is 18.0 Å². The summed E-state index contributed by atoms with van der Waals surface area (Å²) in [7, 11) is 4.97. The fourth-order valence-corrected chi connectivity index (χ4v) is 1.78. The quantitative estimate of drug-likeness (QED) is 0.876. The highest BCUT2D eigenvalue weighted by Crippen LogP contribution is 2.21. The Kier molecular flexibility index (Phi) is 4.47. The van der Waals surface area contributed by atoms with E-state index < -0.39 is 5.97 Å². The molecule has 104 valence electrons. The number of likely N-dealkylation sites (N-methyl/N-ethyl adjacent to an activating group) is 2. The van der Waals surface area contributed by atoms with E-state index in [9.17, 15) is 14.7 Å². The topological polar surface area (TPSA) is 73.7 Å². The first-order valence-corrected chi connectivity index (χ1v) is 5.87. The van der Waals surface area contributed by atoms with Crippen molar-refractivity contribution in [3.63, 3.8) is 0 Å². The van der Waals surface area contributed by atoms with Gasteiger partial charge in [0.25, 0.3) is 0 Å². The lowest BCUT2D eigenvalue weighted by Gasteiger charge is -2.22. The number of carbonyl (C=O) groups is 2. The molecule has 6 nitrogen and oxygen atoms in total. The highest BCUT2D eigenvalue weighted by Gasteiger charge is 2.20. The van der Waals surface area contributed by atoms with Gasteiger partial charge in [-0.1, -0.05) is 0 Å². The number of aryl methyl sites for hydroxylation is 2. The van der Waals surface area contributed by atoms with Gasteiger partial charge in [0.05, 0.1) is 6.54 Å². The molecule has 1 N–H and O–H groups in total. The summed E-state index contributed by atoms with van der Waals surface area (Å²) in [4.78, 5) is 30.3. The molecular weight excluding hydrogens is 246 g/mol. The summed E-state index contributed by atoms with van der Waals surface area (Å²) in [6.07, 6.45) is 0. The van der Waals surface area contributed by atoms with Gasteiger partial charge in [0, 0.05) is 26.8 Å². The van der Waals surface area contributed by atoms with E-state index >= 15 is 0 Å². The second-order valence-corrected chi connectivity index (χ2v) is 4.73. The zero-order valence-corrected chi connectivity index (χ0v) is 11.9. The number of anilines is 1. The predicted molar refractivity (Wildman–Crippen MR) is 72.6 cm³/mol. The molecule has 6 heteroatoms. The number of carboxylic acid groups (broad SMARTS) is 1. The summed E-state index contributed by atoms with van der Waals surface area (Å²) in [5.74, 6) is -0.829. The third kappa shape index (κ3) is 3.43. The standard InChI is InChI=1S/C13H19N3O3/c1-8-6-9(2)14-12(11(8)13(18)19)16(5)7-10(17)15(3)4/h6H,7H2,1-5H3,(H,18,19). The van der Waals surface area contributed by atoms with Gasteiger partial charge in [-0.2, -0.15) is 0 Å². The van der Waals surface area contributed by atoms with Crippen LogP contribution in [-0.2, 0) is 4.79 Å². The van der Waals surface area contributed by atoms with Gasteiger partial charge in [0.2, 0.25) is 5.91 Å². The molecule has 19 heavy (non-hydrogen) atoms. The molecular formula is C13H19N3O3. The van der Waals surface area contributed by atoms with E-state index in [2.05, 4.69) is 4.98 Å². The maximum absolute atomic E-state index is 11.7. The second kappa shape index (κ2) is 5.69. The molecule has 0 bridgehead atoms. The van der Waals surface area contributed by atoms with Gasteiger partial charge in [-0.25, -0.2) is 9.78 Å². The van der Waals surface area contributed by atoms with Crippen molar-refractivity contribution in [2.45, 2.75) is 13.8 Å². The number of hydrogen-bond acceptors (Lipinski definition) is 4. The highest BCUT2D eigenvalue weighted by atomic mass is 16.4. The lowest BCUT2D eigenvalue weighted by molar-refractivity contribution is -0.127. The molecule has 0 unspecified atom stereocenters. The molecule has 0 aliphatic carbocycles. The summed E-state index contributed by atoms with van der Waals surface area (Å²) < 4.78 is 0. The van der Waals surface area contributed by atoms with Gasteiger partial charge in [-0.3, -0.25) is 4.79 Å². The van der Waals surface area contributed by atoms with Crippen LogP contribution in [-0.4, -0.2) is 54.6 Å². The number of nitrogens with zero attached hydrogens (tertiary/aromatic N) is 3. The zero-order chi connectivity index (χ0) is 14.7. The van der Waals surface area contributed by atoms with E-state index in [4.69, 9.17) is 0 Å². The molecule has 0 atom stereocenters. The van der Waals surface area contributed by atoms with Crippen molar-refractivity contribution in [2.75, 3.05) is 32.6 Å². The molecule has 0 aliphatic heterocycles. The Morgan fingerprint density at radius 2 is 1.84 bits per heavy atom. The van der Waals surface area contributed by atoms with E-state index in [1.165, 1.54) is 4.90 Å².